The molecule has 2 rings (SSSR count). The van der Waals surface area contributed by atoms with Crippen LogP contribution in [0.4, 0.5) is 0 Å². The quantitative estimate of drug-likeness (QED) is 0.191. The van der Waals surface area contributed by atoms with Crippen LogP contribution < -0.4 is 0 Å². The molecule has 2 fully saturated rings. The van der Waals surface area contributed by atoms with Crippen molar-refractivity contribution in [1.29, 1.82) is 0 Å². The highest BCUT2D eigenvalue weighted by Gasteiger charge is 2.48. The van der Waals surface area contributed by atoms with Crippen molar-refractivity contribution in [2.24, 2.45) is 0 Å². The monoisotopic (exact) mass is 538 g/mol. The van der Waals surface area contributed by atoms with Crippen molar-refractivity contribution < 1.29 is 29.5 Å². The van der Waals surface area contributed by atoms with Gasteiger partial charge in [-0.1, -0.05) is 38.5 Å². The zero-order chi connectivity index (χ0) is 28.8. The number of piperidine rings is 2. The van der Waals surface area contributed by atoms with Gasteiger partial charge in [-0.05, 0) is 68.2 Å². The average molecular weight is 539 g/mol. The highest BCUT2D eigenvalue weighted by atomic mass is 16.6. The number of rotatable bonds is 13. The maximum absolute atomic E-state index is 12.5. The lowest BCUT2D eigenvalue weighted by molar-refractivity contribution is -0.299. The lowest BCUT2D eigenvalue weighted by atomic mass is 9.80. The SMILES string of the molecule is CC1(C)CC(OC(=O)CCCCCCCCCCC(=O)OC2CC(C)(C)N([O])C(C)(C)C2)CC(C)(C)N1[O]. The molecular weight excluding hydrogens is 484 g/mol. The van der Waals surface area contributed by atoms with Crippen LogP contribution >= 0.6 is 0 Å². The highest BCUT2D eigenvalue weighted by Crippen LogP contribution is 2.39. The van der Waals surface area contributed by atoms with Crippen molar-refractivity contribution in [1.82, 2.24) is 10.1 Å². The lowest BCUT2D eigenvalue weighted by Gasteiger charge is -2.49. The van der Waals surface area contributed by atoms with E-state index in [0.29, 0.717) is 38.5 Å². The summed E-state index contributed by atoms with van der Waals surface area (Å²) in [6.07, 6.45) is 10.9. The minimum atomic E-state index is -0.530. The second-order valence-electron chi connectivity index (χ2n) is 14.2. The summed E-state index contributed by atoms with van der Waals surface area (Å²) >= 11 is 0. The minimum Gasteiger partial charge on any atom is -0.462 e. The van der Waals surface area contributed by atoms with E-state index in [1.54, 1.807) is 0 Å². The van der Waals surface area contributed by atoms with E-state index in [9.17, 15) is 20.0 Å². The predicted octanol–water partition coefficient (Wildman–Crippen LogP) is 6.71. The summed E-state index contributed by atoms with van der Waals surface area (Å²) < 4.78 is 11.4. The largest absolute Gasteiger partial charge is 0.462 e. The molecule has 0 bridgehead atoms. The summed E-state index contributed by atoms with van der Waals surface area (Å²) in [5, 5.41) is 27.2. The molecule has 2 aliphatic heterocycles. The van der Waals surface area contributed by atoms with Crippen LogP contribution in [0.15, 0.2) is 0 Å². The number of nitrogens with zero attached hydrogens (tertiary/aromatic N) is 2. The zero-order valence-electron chi connectivity index (χ0n) is 25.4. The van der Waals surface area contributed by atoms with Crippen LogP contribution in [0.2, 0.25) is 0 Å². The third-order valence-electron chi connectivity index (χ3n) is 8.22. The molecule has 2 heterocycles. The zero-order valence-corrected chi connectivity index (χ0v) is 25.4. The molecule has 0 amide bonds. The number of ether oxygens (including phenoxy) is 2. The fourth-order valence-electron chi connectivity index (χ4n) is 6.60. The summed E-state index contributed by atoms with van der Waals surface area (Å²) in [5.74, 6) is -0.308. The number of hydroxylamine groups is 4. The highest BCUT2D eigenvalue weighted by molar-refractivity contribution is 5.69. The first-order valence-electron chi connectivity index (χ1n) is 14.8. The Hall–Kier alpha value is -1.22. The van der Waals surface area contributed by atoms with Gasteiger partial charge in [0.15, 0.2) is 0 Å². The Morgan fingerprint density at radius 2 is 0.763 bits per heavy atom. The third-order valence-corrected chi connectivity index (χ3v) is 8.22. The van der Waals surface area contributed by atoms with Crippen molar-refractivity contribution in [3.05, 3.63) is 0 Å². The molecule has 2 aliphatic rings. The number of carbonyl (C=O) groups is 2. The Bertz CT molecular complexity index is 679. The van der Waals surface area contributed by atoms with Crippen LogP contribution in [0.1, 0.15) is 145 Å². The van der Waals surface area contributed by atoms with Gasteiger partial charge in [0.2, 0.25) is 0 Å². The van der Waals surface area contributed by atoms with Gasteiger partial charge in [0, 0.05) is 60.7 Å². The van der Waals surface area contributed by atoms with E-state index in [2.05, 4.69) is 0 Å². The fourth-order valence-corrected chi connectivity index (χ4v) is 6.60. The van der Waals surface area contributed by atoms with Gasteiger partial charge in [-0.15, -0.1) is 20.5 Å². The van der Waals surface area contributed by atoms with Gasteiger partial charge < -0.3 is 9.47 Å². The molecule has 220 valence electrons. The minimum absolute atomic E-state index is 0.154. The van der Waals surface area contributed by atoms with E-state index in [-0.39, 0.29) is 24.1 Å². The molecule has 8 nitrogen and oxygen atoms in total. The van der Waals surface area contributed by atoms with Crippen LogP contribution in [0.3, 0.4) is 0 Å². The molecule has 0 aromatic carbocycles. The molecular formula is C30H54N2O6. The Labute approximate surface area is 231 Å². The van der Waals surface area contributed by atoms with Crippen LogP contribution in [0.5, 0.6) is 0 Å². The first-order chi connectivity index (χ1) is 17.5. The van der Waals surface area contributed by atoms with Gasteiger partial charge in [0.25, 0.3) is 0 Å². The van der Waals surface area contributed by atoms with Gasteiger partial charge >= 0.3 is 11.9 Å². The van der Waals surface area contributed by atoms with Gasteiger partial charge in [-0.2, -0.15) is 0 Å². The molecule has 0 spiro atoms. The molecule has 0 aromatic rings. The summed E-state index contributed by atoms with van der Waals surface area (Å²) in [7, 11) is 0. The van der Waals surface area contributed by atoms with E-state index in [1.807, 2.05) is 55.4 Å². The van der Waals surface area contributed by atoms with E-state index in [1.165, 1.54) is 0 Å². The number of esters is 2. The van der Waals surface area contributed by atoms with Crippen LogP contribution in [0, 0.1) is 0 Å². The van der Waals surface area contributed by atoms with E-state index < -0.39 is 22.2 Å². The van der Waals surface area contributed by atoms with Crippen molar-refractivity contribution in [2.75, 3.05) is 0 Å². The topological polar surface area (TPSA) is 98.9 Å². The first kappa shape index (κ1) is 33.0. The summed E-state index contributed by atoms with van der Waals surface area (Å²) in [5.41, 5.74) is -2.12. The van der Waals surface area contributed by atoms with E-state index in [0.717, 1.165) is 61.5 Å². The van der Waals surface area contributed by atoms with Gasteiger partial charge in [0.1, 0.15) is 12.2 Å². The van der Waals surface area contributed by atoms with Crippen molar-refractivity contribution in [3.63, 3.8) is 0 Å². The van der Waals surface area contributed by atoms with Crippen LogP contribution in [-0.4, -0.2) is 56.4 Å². The molecule has 2 saturated heterocycles. The molecule has 0 N–H and O–H groups in total. The summed E-state index contributed by atoms with van der Waals surface area (Å²) in [4.78, 5) is 24.6. The summed E-state index contributed by atoms with van der Waals surface area (Å²) in [6.45, 7) is 15.3. The maximum Gasteiger partial charge on any atom is 0.306 e. The fraction of sp³-hybridized carbons (Fsp3) is 0.933. The Morgan fingerprint density at radius 3 is 1.03 bits per heavy atom. The molecule has 2 radical (unpaired) electrons. The Balaban J connectivity index is 1.48. The predicted molar refractivity (Wildman–Crippen MR) is 146 cm³/mol. The van der Waals surface area contributed by atoms with Crippen molar-refractivity contribution in [3.8, 4) is 0 Å². The molecule has 0 unspecified atom stereocenters. The number of unbranched alkanes of at least 4 members (excludes halogenated alkanes) is 7. The molecule has 0 aliphatic carbocycles. The Morgan fingerprint density at radius 1 is 0.526 bits per heavy atom. The van der Waals surface area contributed by atoms with Gasteiger partial charge in [-0.3, -0.25) is 9.59 Å². The number of carbonyl (C=O) groups excluding carboxylic acids is 2. The third kappa shape index (κ3) is 9.76. The molecule has 0 saturated carbocycles. The number of hydrogen-bond donors (Lipinski definition) is 0. The lowest BCUT2D eigenvalue weighted by Crippen LogP contribution is -2.60. The maximum atomic E-state index is 12.5. The van der Waals surface area contributed by atoms with E-state index in [4.69, 9.17) is 9.47 Å². The van der Waals surface area contributed by atoms with Crippen LogP contribution in [0.25, 0.3) is 0 Å². The number of hydrogen-bond acceptors (Lipinski definition) is 6. The smallest absolute Gasteiger partial charge is 0.306 e. The second-order valence-corrected chi connectivity index (χ2v) is 14.2. The van der Waals surface area contributed by atoms with Crippen molar-refractivity contribution in [2.45, 2.75) is 180 Å². The molecule has 8 heteroatoms. The molecule has 0 aromatic heterocycles. The Kier molecular flexibility index (Phi) is 11.7. The van der Waals surface area contributed by atoms with Crippen LogP contribution in [-0.2, 0) is 29.5 Å². The second kappa shape index (κ2) is 13.4. The van der Waals surface area contributed by atoms with E-state index >= 15 is 0 Å². The standard InChI is InChI=1S/C30H54N2O6/c1-27(2)19-23(20-28(3,4)31(27)35)37-25(33)17-15-13-11-9-10-12-14-16-18-26(34)38-24-21-29(5,6)32(36)30(7,8)22-24/h23-24H,9-22H2,1-8H3. The van der Waals surface area contributed by atoms with Gasteiger partial charge in [-0.25, -0.2) is 0 Å². The normalized spacial score (nSPS) is 23.7. The summed E-state index contributed by atoms with van der Waals surface area (Å²) in [6, 6.07) is 0. The van der Waals surface area contributed by atoms with Gasteiger partial charge in [0.05, 0.1) is 0 Å². The average Bonchev–Trinajstić information content (AvgIpc) is 2.76. The molecule has 0 atom stereocenters. The first-order valence-corrected chi connectivity index (χ1v) is 14.8. The van der Waals surface area contributed by atoms with Crippen molar-refractivity contribution >= 4 is 11.9 Å². The molecule has 38 heavy (non-hydrogen) atoms.